The highest BCUT2D eigenvalue weighted by Gasteiger charge is 2.15. The highest BCUT2D eigenvalue weighted by atomic mass is 79.9. The van der Waals surface area contributed by atoms with E-state index in [1.165, 1.54) is 5.56 Å². The molecule has 0 saturated heterocycles. The predicted molar refractivity (Wildman–Crippen MR) is 82.4 cm³/mol. The van der Waals surface area contributed by atoms with Gasteiger partial charge in [0.15, 0.2) is 0 Å². The molecule has 0 aliphatic heterocycles. The first-order valence-electron chi connectivity index (χ1n) is 6.53. The lowest BCUT2D eigenvalue weighted by atomic mass is 10.0. The summed E-state index contributed by atoms with van der Waals surface area (Å²) >= 11 is 3.52. The van der Waals surface area contributed by atoms with Gasteiger partial charge < -0.3 is 10.3 Å². The first-order valence-corrected chi connectivity index (χ1v) is 7.32. The molecule has 2 aromatic rings. The maximum Gasteiger partial charge on any atom is 0.0994 e. The van der Waals surface area contributed by atoms with E-state index in [0.717, 1.165) is 22.3 Å². The first-order chi connectivity index (χ1) is 8.99. The molecule has 0 aliphatic carbocycles. The Labute approximate surface area is 123 Å². The number of nitrogens with zero attached hydrogens (tertiary/aromatic N) is 2. The van der Waals surface area contributed by atoms with Crippen LogP contribution in [0.15, 0.2) is 35.2 Å². The SMILES string of the molecule is Cc1ccc(Br)cc1-n1cncc1C(N)CC(C)C. The van der Waals surface area contributed by atoms with E-state index in [1.54, 1.807) is 0 Å². The molecule has 0 amide bonds. The summed E-state index contributed by atoms with van der Waals surface area (Å²) in [5.74, 6) is 0.571. The molecule has 1 heterocycles. The smallest absolute Gasteiger partial charge is 0.0994 e. The third kappa shape index (κ3) is 3.25. The fourth-order valence-electron chi connectivity index (χ4n) is 2.25. The molecule has 1 atom stereocenters. The second-order valence-electron chi connectivity index (χ2n) is 5.36. The fourth-order valence-corrected chi connectivity index (χ4v) is 2.60. The molecule has 19 heavy (non-hydrogen) atoms. The third-order valence-corrected chi connectivity index (χ3v) is 3.70. The standard InChI is InChI=1S/C15H20BrN3/c1-10(2)6-13(17)15-8-18-9-19(15)14-7-12(16)5-4-11(14)3/h4-5,7-10,13H,6,17H2,1-3H3. The monoisotopic (exact) mass is 321 g/mol. The summed E-state index contributed by atoms with van der Waals surface area (Å²) < 4.78 is 3.15. The van der Waals surface area contributed by atoms with Gasteiger partial charge in [0.2, 0.25) is 0 Å². The van der Waals surface area contributed by atoms with Crippen molar-refractivity contribution in [2.45, 2.75) is 33.2 Å². The molecule has 0 saturated carbocycles. The zero-order valence-electron chi connectivity index (χ0n) is 11.6. The van der Waals surface area contributed by atoms with Crippen molar-refractivity contribution < 1.29 is 0 Å². The highest BCUT2D eigenvalue weighted by molar-refractivity contribution is 9.10. The van der Waals surface area contributed by atoms with Crippen LogP contribution in [0.4, 0.5) is 0 Å². The van der Waals surface area contributed by atoms with Crippen LogP contribution < -0.4 is 5.73 Å². The van der Waals surface area contributed by atoms with Crippen LogP contribution >= 0.6 is 15.9 Å². The van der Waals surface area contributed by atoms with Gasteiger partial charge in [-0.05, 0) is 37.0 Å². The first kappa shape index (κ1) is 14.3. The number of benzene rings is 1. The third-order valence-electron chi connectivity index (χ3n) is 3.20. The van der Waals surface area contributed by atoms with E-state index in [-0.39, 0.29) is 6.04 Å². The van der Waals surface area contributed by atoms with Gasteiger partial charge in [-0.15, -0.1) is 0 Å². The number of aryl methyl sites for hydroxylation is 1. The molecule has 1 aromatic heterocycles. The van der Waals surface area contributed by atoms with Gasteiger partial charge in [-0.2, -0.15) is 0 Å². The van der Waals surface area contributed by atoms with Gasteiger partial charge in [0.05, 0.1) is 23.9 Å². The van der Waals surface area contributed by atoms with Crippen molar-refractivity contribution in [1.29, 1.82) is 0 Å². The maximum absolute atomic E-state index is 6.29. The molecule has 2 rings (SSSR count). The van der Waals surface area contributed by atoms with Crippen LogP contribution in [0.3, 0.4) is 0 Å². The van der Waals surface area contributed by atoms with Crippen molar-refractivity contribution in [2.24, 2.45) is 11.7 Å². The van der Waals surface area contributed by atoms with E-state index >= 15 is 0 Å². The van der Waals surface area contributed by atoms with Crippen LogP contribution in [0, 0.1) is 12.8 Å². The molecular weight excluding hydrogens is 302 g/mol. The van der Waals surface area contributed by atoms with E-state index in [1.807, 2.05) is 18.6 Å². The maximum atomic E-state index is 6.29. The molecular formula is C15H20BrN3. The normalized spacial score (nSPS) is 12.9. The summed E-state index contributed by atoms with van der Waals surface area (Å²) in [5, 5.41) is 0. The number of hydrogen-bond acceptors (Lipinski definition) is 2. The molecule has 0 radical (unpaired) electrons. The van der Waals surface area contributed by atoms with Crippen molar-refractivity contribution in [2.75, 3.05) is 0 Å². The van der Waals surface area contributed by atoms with Crippen molar-refractivity contribution >= 4 is 15.9 Å². The van der Waals surface area contributed by atoms with Gasteiger partial charge in [-0.3, -0.25) is 0 Å². The molecule has 0 aliphatic rings. The minimum absolute atomic E-state index is 0.0147. The molecule has 1 unspecified atom stereocenters. The zero-order chi connectivity index (χ0) is 14.0. The van der Waals surface area contributed by atoms with Crippen LogP contribution in [0.25, 0.3) is 5.69 Å². The Hall–Kier alpha value is -1.13. The number of hydrogen-bond donors (Lipinski definition) is 1. The Morgan fingerprint density at radius 2 is 2.11 bits per heavy atom. The van der Waals surface area contributed by atoms with Gasteiger partial charge in [0.25, 0.3) is 0 Å². The minimum Gasteiger partial charge on any atom is -0.323 e. The van der Waals surface area contributed by atoms with Crippen molar-refractivity contribution in [3.63, 3.8) is 0 Å². The summed E-state index contributed by atoms with van der Waals surface area (Å²) in [6.45, 7) is 6.47. The second kappa shape index (κ2) is 5.88. The molecule has 0 fully saturated rings. The zero-order valence-corrected chi connectivity index (χ0v) is 13.2. The Morgan fingerprint density at radius 3 is 2.79 bits per heavy atom. The molecule has 102 valence electrons. The molecule has 1 aromatic carbocycles. The number of rotatable bonds is 4. The Morgan fingerprint density at radius 1 is 1.37 bits per heavy atom. The summed E-state index contributed by atoms with van der Waals surface area (Å²) in [6, 6.07) is 6.25. The van der Waals surface area contributed by atoms with Crippen molar-refractivity contribution in [3.05, 3.63) is 46.5 Å². The lowest BCUT2D eigenvalue weighted by Gasteiger charge is -2.18. The van der Waals surface area contributed by atoms with Crippen LogP contribution in [0.2, 0.25) is 0 Å². The predicted octanol–water partition coefficient (Wildman–Crippen LogP) is 3.99. The Balaban J connectivity index is 2.41. The molecule has 2 N–H and O–H groups in total. The van der Waals surface area contributed by atoms with Crippen LogP contribution in [0.1, 0.15) is 37.6 Å². The Kier molecular flexibility index (Phi) is 4.42. The topological polar surface area (TPSA) is 43.8 Å². The largest absolute Gasteiger partial charge is 0.323 e. The van der Waals surface area contributed by atoms with Gasteiger partial charge in [0.1, 0.15) is 0 Å². The van der Waals surface area contributed by atoms with Crippen molar-refractivity contribution in [1.82, 2.24) is 9.55 Å². The van der Waals surface area contributed by atoms with Crippen LogP contribution in [-0.4, -0.2) is 9.55 Å². The van der Waals surface area contributed by atoms with Crippen molar-refractivity contribution in [3.8, 4) is 5.69 Å². The molecule has 3 nitrogen and oxygen atoms in total. The summed E-state index contributed by atoms with van der Waals surface area (Å²) in [7, 11) is 0. The number of imidazole rings is 1. The van der Waals surface area contributed by atoms with E-state index in [9.17, 15) is 0 Å². The summed E-state index contributed by atoms with van der Waals surface area (Å²) in [6.07, 6.45) is 4.66. The molecule has 0 spiro atoms. The van der Waals surface area contributed by atoms with Gasteiger partial charge in [-0.25, -0.2) is 4.98 Å². The molecule has 4 heteroatoms. The van der Waals surface area contributed by atoms with E-state index < -0.39 is 0 Å². The lowest BCUT2D eigenvalue weighted by Crippen LogP contribution is -2.17. The number of halogens is 1. The van der Waals surface area contributed by atoms with Gasteiger partial charge in [-0.1, -0.05) is 35.8 Å². The molecule has 0 bridgehead atoms. The van der Waals surface area contributed by atoms with E-state index in [0.29, 0.717) is 5.92 Å². The second-order valence-corrected chi connectivity index (χ2v) is 6.27. The van der Waals surface area contributed by atoms with E-state index in [2.05, 4.69) is 58.4 Å². The fraction of sp³-hybridized carbons (Fsp3) is 0.400. The summed E-state index contributed by atoms with van der Waals surface area (Å²) in [4.78, 5) is 4.27. The van der Waals surface area contributed by atoms with Crippen LogP contribution in [0.5, 0.6) is 0 Å². The Bertz CT molecular complexity index is 560. The quantitative estimate of drug-likeness (QED) is 0.925. The minimum atomic E-state index is 0.0147. The number of aromatic nitrogens is 2. The van der Waals surface area contributed by atoms with Crippen LogP contribution in [-0.2, 0) is 0 Å². The number of nitrogens with two attached hydrogens (primary N) is 1. The lowest BCUT2D eigenvalue weighted by molar-refractivity contribution is 0.498. The van der Waals surface area contributed by atoms with E-state index in [4.69, 9.17) is 5.73 Å². The van der Waals surface area contributed by atoms with Gasteiger partial charge >= 0.3 is 0 Å². The average molecular weight is 322 g/mol. The highest BCUT2D eigenvalue weighted by Crippen LogP contribution is 2.25. The summed E-state index contributed by atoms with van der Waals surface area (Å²) in [5.41, 5.74) is 9.69. The average Bonchev–Trinajstić information content (AvgIpc) is 2.80. The van der Waals surface area contributed by atoms with Gasteiger partial charge in [0, 0.05) is 10.5 Å².